The van der Waals surface area contributed by atoms with Crippen molar-refractivity contribution in [2.45, 2.75) is 13.5 Å². The quantitative estimate of drug-likeness (QED) is 0.474. The highest BCUT2D eigenvalue weighted by molar-refractivity contribution is 14.1. The zero-order valence-corrected chi connectivity index (χ0v) is 15.3. The van der Waals surface area contributed by atoms with Gasteiger partial charge in [-0.1, -0.05) is 29.8 Å². The Morgan fingerprint density at radius 3 is 2.81 bits per heavy atom. The van der Waals surface area contributed by atoms with Crippen LogP contribution < -0.4 is 0 Å². The summed E-state index contributed by atoms with van der Waals surface area (Å²) >= 11 is 9.68. The SMILES string of the molecule is C=CCN(Cc1ccc(Cl)s1)C(=O)c1cccc(C)c1I. The molecule has 0 fully saturated rings. The predicted octanol–water partition coefficient (Wildman–Crippen LogP) is 5.14. The third-order valence-electron chi connectivity index (χ3n) is 3.03. The first-order valence-corrected chi connectivity index (χ1v) is 8.69. The Labute approximate surface area is 147 Å². The molecule has 0 aliphatic carbocycles. The third kappa shape index (κ3) is 4.08. The molecule has 1 aromatic carbocycles. The van der Waals surface area contributed by atoms with Crippen molar-refractivity contribution in [3.8, 4) is 0 Å². The summed E-state index contributed by atoms with van der Waals surface area (Å²) < 4.78 is 1.74. The molecular formula is C16H15ClINOS. The van der Waals surface area contributed by atoms with Crippen LogP contribution in [0, 0.1) is 10.5 Å². The van der Waals surface area contributed by atoms with Gasteiger partial charge in [0.25, 0.3) is 5.91 Å². The van der Waals surface area contributed by atoms with Gasteiger partial charge in [0.05, 0.1) is 16.4 Å². The van der Waals surface area contributed by atoms with Crippen molar-refractivity contribution < 1.29 is 4.79 Å². The first-order chi connectivity index (χ1) is 10.0. The molecule has 2 rings (SSSR count). The van der Waals surface area contributed by atoms with E-state index in [-0.39, 0.29) is 5.91 Å². The van der Waals surface area contributed by atoms with E-state index in [2.05, 4.69) is 29.2 Å². The van der Waals surface area contributed by atoms with E-state index < -0.39 is 0 Å². The molecule has 0 radical (unpaired) electrons. The van der Waals surface area contributed by atoms with E-state index in [4.69, 9.17) is 11.6 Å². The van der Waals surface area contributed by atoms with E-state index in [0.29, 0.717) is 13.1 Å². The van der Waals surface area contributed by atoms with Crippen LogP contribution in [0.4, 0.5) is 0 Å². The number of carbonyl (C=O) groups excluding carboxylic acids is 1. The molecule has 0 saturated carbocycles. The van der Waals surface area contributed by atoms with Gasteiger partial charge in [0.1, 0.15) is 0 Å². The van der Waals surface area contributed by atoms with Crippen molar-refractivity contribution in [3.63, 3.8) is 0 Å². The number of rotatable bonds is 5. The molecule has 1 heterocycles. The van der Waals surface area contributed by atoms with Crippen LogP contribution in [-0.4, -0.2) is 17.4 Å². The number of carbonyl (C=O) groups is 1. The second-order valence-corrected chi connectivity index (χ2v) is 7.50. The van der Waals surface area contributed by atoms with Crippen LogP contribution in [0.5, 0.6) is 0 Å². The molecule has 2 nitrogen and oxygen atoms in total. The molecule has 0 atom stereocenters. The van der Waals surface area contributed by atoms with Gasteiger partial charge in [-0.05, 0) is 53.3 Å². The lowest BCUT2D eigenvalue weighted by Gasteiger charge is -2.21. The van der Waals surface area contributed by atoms with Crippen molar-refractivity contribution >= 4 is 51.4 Å². The van der Waals surface area contributed by atoms with Crippen LogP contribution in [-0.2, 0) is 6.54 Å². The summed E-state index contributed by atoms with van der Waals surface area (Å²) in [6, 6.07) is 9.61. The average Bonchev–Trinajstić information content (AvgIpc) is 2.86. The monoisotopic (exact) mass is 431 g/mol. The number of thiophene rings is 1. The fraction of sp³-hybridized carbons (Fsp3) is 0.188. The van der Waals surface area contributed by atoms with Gasteiger partial charge < -0.3 is 4.90 Å². The van der Waals surface area contributed by atoms with Gasteiger partial charge in [-0.25, -0.2) is 0 Å². The Balaban J connectivity index is 2.26. The topological polar surface area (TPSA) is 20.3 Å². The molecule has 0 saturated heterocycles. The summed E-state index contributed by atoms with van der Waals surface area (Å²) in [6.45, 7) is 6.81. The summed E-state index contributed by atoms with van der Waals surface area (Å²) in [7, 11) is 0. The van der Waals surface area contributed by atoms with Gasteiger partial charge >= 0.3 is 0 Å². The highest BCUT2D eigenvalue weighted by atomic mass is 127. The minimum absolute atomic E-state index is 0.0209. The largest absolute Gasteiger partial charge is 0.330 e. The zero-order valence-electron chi connectivity index (χ0n) is 11.6. The van der Waals surface area contributed by atoms with Gasteiger partial charge in [0.2, 0.25) is 0 Å². The Bertz CT molecular complexity index is 668. The molecule has 0 aliphatic rings. The van der Waals surface area contributed by atoms with Gasteiger partial charge in [-0.15, -0.1) is 17.9 Å². The molecule has 5 heteroatoms. The van der Waals surface area contributed by atoms with Crippen molar-refractivity contribution in [1.82, 2.24) is 4.90 Å². The fourth-order valence-electron chi connectivity index (χ4n) is 1.98. The standard InChI is InChI=1S/C16H15ClINOS/c1-3-9-19(10-12-7-8-14(17)21-12)16(20)13-6-4-5-11(2)15(13)18/h3-8H,1,9-10H2,2H3. The molecule has 0 aliphatic heterocycles. The number of hydrogen-bond donors (Lipinski definition) is 0. The summed E-state index contributed by atoms with van der Waals surface area (Å²) in [6.07, 6.45) is 1.75. The lowest BCUT2D eigenvalue weighted by atomic mass is 10.1. The third-order valence-corrected chi connectivity index (χ3v) is 5.68. The van der Waals surface area contributed by atoms with Crippen LogP contribution in [0.1, 0.15) is 20.8 Å². The number of aryl methyl sites for hydroxylation is 1. The average molecular weight is 432 g/mol. The smallest absolute Gasteiger partial charge is 0.255 e. The van der Waals surface area contributed by atoms with Crippen LogP contribution in [0.3, 0.4) is 0 Å². The Morgan fingerprint density at radius 2 is 2.19 bits per heavy atom. The lowest BCUT2D eigenvalue weighted by molar-refractivity contribution is 0.0763. The molecule has 0 unspecified atom stereocenters. The van der Waals surface area contributed by atoms with E-state index >= 15 is 0 Å². The van der Waals surface area contributed by atoms with E-state index in [1.165, 1.54) is 11.3 Å². The highest BCUT2D eigenvalue weighted by Gasteiger charge is 2.18. The minimum Gasteiger partial charge on any atom is -0.330 e. The fourth-order valence-corrected chi connectivity index (χ4v) is 3.68. The Kier molecular flexibility index (Phi) is 5.84. The van der Waals surface area contributed by atoms with E-state index in [9.17, 15) is 4.79 Å². The molecule has 2 aromatic rings. The number of hydrogen-bond acceptors (Lipinski definition) is 2. The van der Waals surface area contributed by atoms with E-state index in [1.807, 2.05) is 37.3 Å². The molecule has 0 N–H and O–H groups in total. The molecule has 1 aromatic heterocycles. The number of halogens is 2. The van der Waals surface area contributed by atoms with E-state index in [0.717, 1.165) is 23.9 Å². The van der Waals surface area contributed by atoms with Crippen molar-refractivity contribution in [1.29, 1.82) is 0 Å². The maximum absolute atomic E-state index is 12.8. The number of benzene rings is 1. The van der Waals surface area contributed by atoms with Gasteiger partial charge in [0, 0.05) is 15.0 Å². The molecule has 0 spiro atoms. The second-order valence-electron chi connectivity index (χ2n) is 4.62. The molecule has 110 valence electrons. The highest BCUT2D eigenvalue weighted by Crippen LogP contribution is 2.24. The zero-order chi connectivity index (χ0) is 15.4. The Hall–Kier alpha value is -0.850. The maximum atomic E-state index is 12.8. The Morgan fingerprint density at radius 1 is 1.43 bits per heavy atom. The summed E-state index contributed by atoms with van der Waals surface area (Å²) in [5.41, 5.74) is 1.85. The predicted molar refractivity (Wildman–Crippen MR) is 98.2 cm³/mol. The molecule has 0 bridgehead atoms. The first kappa shape index (κ1) is 16.5. The molecular weight excluding hydrogens is 417 g/mol. The van der Waals surface area contributed by atoms with E-state index in [1.54, 1.807) is 11.0 Å². The van der Waals surface area contributed by atoms with Crippen molar-refractivity contribution in [3.05, 3.63) is 66.9 Å². The van der Waals surface area contributed by atoms with Crippen LogP contribution in [0.25, 0.3) is 0 Å². The second kappa shape index (κ2) is 7.42. The lowest BCUT2D eigenvalue weighted by Crippen LogP contribution is -2.31. The summed E-state index contributed by atoms with van der Waals surface area (Å²) in [5, 5.41) is 0. The van der Waals surface area contributed by atoms with Gasteiger partial charge in [-0.3, -0.25) is 4.79 Å². The van der Waals surface area contributed by atoms with Gasteiger partial charge in [0.15, 0.2) is 0 Å². The van der Waals surface area contributed by atoms with Crippen LogP contribution in [0.2, 0.25) is 4.34 Å². The summed E-state index contributed by atoms with van der Waals surface area (Å²) in [4.78, 5) is 15.6. The van der Waals surface area contributed by atoms with Crippen molar-refractivity contribution in [2.24, 2.45) is 0 Å². The van der Waals surface area contributed by atoms with Crippen LogP contribution >= 0.6 is 45.5 Å². The molecule has 21 heavy (non-hydrogen) atoms. The first-order valence-electron chi connectivity index (χ1n) is 6.42. The normalized spacial score (nSPS) is 10.4. The van der Waals surface area contributed by atoms with Crippen LogP contribution in [0.15, 0.2) is 43.0 Å². The number of amides is 1. The maximum Gasteiger partial charge on any atom is 0.255 e. The number of nitrogens with zero attached hydrogens (tertiary/aromatic N) is 1. The molecule has 1 amide bonds. The summed E-state index contributed by atoms with van der Waals surface area (Å²) in [5.74, 6) is 0.0209. The minimum atomic E-state index is 0.0209. The van der Waals surface area contributed by atoms with Crippen molar-refractivity contribution in [2.75, 3.05) is 6.54 Å². The van der Waals surface area contributed by atoms with Gasteiger partial charge in [-0.2, -0.15) is 0 Å².